The Hall–Kier alpha value is -3.00. The molecule has 3 nitrogen and oxygen atoms in total. The molecule has 0 aromatic heterocycles. The second-order valence-electron chi connectivity index (χ2n) is 7.48. The number of ketones is 1. The number of benzene rings is 2. The lowest BCUT2D eigenvalue weighted by molar-refractivity contribution is -0.137. The molecule has 0 radical (unpaired) electrons. The molecule has 1 aliphatic heterocycles. The summed E-state index contributed by atoms with van der Waals surface area (Å²) in [6.45, 7) is 6.97. The Morgan fingerprint density at radius 2 is 1.82 bits per heavy atom. The fraction of sp³-hybridized carbons (Fsp3) is 0.250. The molecule has 0 N–H and O–H groups in total. The molecule has 0 spiro atoms. The molecule has 0 saturated heterocycles. The molecule has 0 fully saturated rings. The van der Waals surface area contributed by atoms with Gasteiger partial charge in [0.05, 0.1) is 34.1 Å². The predicted molar refractivity (Wildman–Crippen MR) is 119 cm³/mol. The van der Waals surface area contributed by atoms with Crippen LogP contribution in [0.1, 0.15) is 43.4 Å². The number of allylic oxidation sites excluding steroid dienone is 1. The van der Waals surface area contributed by atoms with E-state index in [-0.39, 0.29) is 35.0 Å². The van der Waals surface area contributed by atoms with E-state index < -0.39 is 34.0 Å². The summed E-state index contributed by atoms with van der Waals surface area (Å²) in [6, 6.07) is 5.01. The SMILES string of the molecule is C=C1CN=C(c2c(F)cccc2F)c2c(ccc(C(F)(F)F)c2Cl)N1/C=C(/CCC)C(C)=O. The number of benzodiazepines with no additional fused rings is 1. The van der Waals surface area contributed by atoms with Crippen LogP contribution in [0.2, 0.25) is 5.02 Å². The number of Topliss-reactive ketones (excluding diaryl/α,β-unsaturated/α-hetero) is 1. The van der Waals surface area contributed by atoms with Crippen LogP contribution in [0, 0.1) is 11.6 Å². The van der Waals surface area contributed by atoms with Crippen molar-refractivity contribution in [2.45, 2.75) is 32.9 Å². The molecule has 0 bridgehead atoms. The topological polar surface area (TPSA) is 32.7 Å². The minimum absolute atomic E-state index is 0.0757. The number of rotatable bonds is 5. The van der Waals surface area contributed by atoms with Crippen LogP contribution in [-0.4, -0.2) is 18.0 Å². The molecule has 0 amide bonds. The number of alkyl halides is 3. The zero-order valence-electron chi connectivity index (χ0n) is 17.9. The van der Waals surface area contributed by atoms with Crippen LogP contribution in [-0.2, 0) is 11.0 Å². The largest absolute Gasteiger partial charge is 0.417 e. The van der Waals surface area contributed by atoms with Gasteiger partial charge in [-0.3, -0.25) is 9.79 Å². The van der Waals surface area contributed by atoms with Gasteiger partial charge in [-0.1, -0.05) is 37.6 Å². The van der Waals surface area contributed by atoms with E-state index in [1.54, 1.807) is 0 Å². The second kappa shape index (κ2) is 9.47. The lowest BCUT2D eigenvalue weighted by Crippen LogP contribution is -2.20. The third kappa shape index (κ3) is 4.85. The highest BCUT2D eigenvalue weighted by atomic mass is 35.5. The number of hydrogen-bond acceptors (Lipinski definition) is 3. The summed E-state index contributed by atoms with van der Waals surface area (Å²) < 4.78 is 70.2. The van der Waals surface area contributed by atoms with Gasteiger partial charge in [0, 0.05) is 23.0 Å². The van der Waals surface area contributed by atoms with Gasteiger partial charge >= 0.3 is 6.18 Å². The van der Waals surface area contributed by atoms with Gasteiger partial charge in [0.25, 0.3) is 0 Å². The number of nitrogens with zero attached hydrogens (tertiary/aromatic N) is 2. The number of fused-ring (bicyclic) bond motifs is 1. The van der Waals surface area contributed by atoms with Gasteiger partial charge in [0.2, 0.25) is 0 Å². The molecule has 0 aliphatic carbocycles. The van der Waals surface area contributed by atoms with Crippen molar-refractivity contribution in [3.8, 4) is 0 Å². The normalized spacial score (nSPS) is 14.7. The van der Waals surface area contributed by atoms with Gasteiger partial charge in [-0.05, 0) is 37.6 Å². The number of halogens is 6. The molecule has 33 heavy (non-hydrogen) atoms. The fourth-order valence-electron chi connectivity index (χ4n) is 3.55. The van der Waals surface area contributed by atoms with Crippen molar-refractivity contribution in [1.82, 2.24) is 0 Å². The van der Waals surface area contributed by atoms with E-state index in [2.05, 4.69) is 11.6 Å². The molecular formula is C24H20ClF5N2O. The Morgan fingerprint density at radius 1 is 1.18 bits per heavy atom. The molecule has 2 aromatic carbocycles. The number of carbonyl (C=O) groups excluding carboxylic acids is 1. The summed E-state index contributed by atoms with van der Waals surface area (Å²) in [5.74, 6) is -2.23. The maximum absolute atomic E-state index is 14.7. The van der Waals surface area contributed by atoms with E-state index in [1.807, 2.05) is 6.92 Å². The highest BCUT2D eigenvalue weighted by Gasteiger charge is 2.37. The summed E-state index contributed by atoms with van der Waals surface area (Å²) in [5, 5.41) is -0.755. The van der Waals surface area contributed by atoms with Crippen LogP contribution in [0.5, 0.6) is 0 Å². The third-order valence-corrected chi connectivity index (χ3v) is 5.53. The van der Waals surface area contributed by atoms with Crippen molar-refractivity contribution in [2.75, 3.05) is 11.4 Å². The van der Waals surface area contributed by atoms with Crippen molar-refractivity contribution < 1.29 is 26.7 Å². The van der Waals surface area contributed by atoms with E-state index >= 15 is 0 Å². The summed E-state index contributed by atoms with van der Waals surface area (Å²) >= 11 is 6.22. The molecular weight excluding hydrogens is 463 g/mol. The molecule has 0 unspecified atom stereocenters. The van der Waals surface area contributed by atoms with E-state index in [0.29, 0.717) is 18.4 Å². The van der Waals surface area contributed by atoms with Crippen molar-refractivity contribution in [2.24, 2.45) is 4.99 Å². The monoisotopic (exact) mass is 482 g/mol. The maximum atomic E-state index is 14.7. The van der Waals surface area contributed by atoms with Gasteiger partial charge in [-0.15, -0.1) is 0 Å². The average molecular weight is 483 g/mol. The molecule has 174 valence electrons. The third-order valence-electron chi connectivity index (χ3n) is 5.14. The molecule has 9 heteroatoms. The van der Waals surface area contributed by atoms with Crippen molar-refractivity contribution >= 4 is 28.8 Å². The predicted octanol–water partition coefficient (Wildman–Crippen LogP) is 7.08. The lowest BCUT2D eigenvalue weighted by Gasteiger charge is -2.25. The zero-order valence-corrected chi connectivity index (χ0v) is 18.6. The van der Waals surface area contributed by atoms with Crippen molar-refractivity contribution in [3.05, 3.63) is 87.7 Å². The van der Waals surface area contributed by atoms with Crippen molar-refractivity contribution in [1.29, 1.82) is 0 Å². The van der Waals surface area contributed by atoms with Crippen molar-refractivity contribution in [3.63, 3.8) is 0 Å². The lowest BCUT2D eigenvalue weighted by atomic mass is 9.96. The standard InChI is InChI=1S/C24H20ClF5N2O/c1-4-6-15(14(3)33)12-32-13(2)11-31-23(20-17(26)7-5-8-18(20)27)21-19(32)10-9-16(22(21)25)24(28,29)30/h5,7-10,12H,2,4,6,11H2,1,3H3/b15-12-. The van der Waals surface area contributed by atoms with Gasteiger partial charge < -0.3 is 4.90 Å². The van der Waals surface area contributed by atoms with E-state index in [9.17, 15) is 26.7 Å². The molecule has 0 atom stereocenters. The minimum atomic E-state index is -4.82. The molecule has 3 rings (SSSR count). The summed E-state index contributed by atoms with van der Waals surface area (Å²) in [4.78, 5) is 17.7. The first-order chi connectivity index (χ1) is 15.5. The Labute approximate surface area is 192 Å². The quantitative estimate of drug-likeness (QED) is 0.337. The number of carbonyl (C=O) groups is 1. The highest BCUT2D eigenvalue weighted by molar-refractivity contribution is 6.37. The van der Waals surface area contributed by atoms with Crippen LogP contribution >= 0.6 is 11.6 Å². The second-order valence-corrected chi connectivity index (χ2v) is 7.86. The first-order valence-electron chi connectivity index (χ1n) is 10.0. The van der Waals surface area contributed by atoms with E-state index in [0.717, 1.165) is 30.3 Å². The van der Waals surface area contributed by atoms with Crippen LogP contribution < -0.4 is 4.90 Å². The molecule has 2 aromatic rings. The molecule has 0 saturated carbocycles. The fourth-order valence-corrected chi connectivity index (χ4v) is 3.91. The van der Waals surface area contributed by atoms with Gasteiger partial charge in [-0.25, -0.2) is 8.78 Å². The summed E-state index contributed by atoms with van der Waals surface area (Å²) in [6.07, 6.45) is -2.29. The Kier molecular flexibility index (Phi) is 7.07. The van der Waals surface area contributed by atoms with Crippen LogP contribution in [0.25, 0.3) is 0 Å². The Balaban J connectivity index is 2.38. The zero-order chi connectivity index (χ0) is 24.5. The minimum Gasteiger partial charge on any atom is -0.318 e. The Morgan fingerprint density at radius 3 is 2.36 bits per heavy atom. The number of aliphatic imine (C=N–C) groups is 1. The van der Waals surface area contributed by atoms with Crippen LogP contribution in [0.3, 0.4) is 0 Å². The van der Waals surface area contributed by atoms with E-state index in [4.69, 9.17) is 11.6 Å². The van der Waals surface area contributed by atoms with E-state index in [1.165, 1.54) is 18.0 Å². The van der Waals surface area contributed by atoms with Crippen LogP contribution in [0.15, 0.2) is 59.4 Å². The highest BCUT2D eigenvalue weighted by Crippen LogP contribution is 2.43. The Bertz CT molecular complexity index is 1160. The van der Waals surface area contributed by atoms with Crippen LogP contribution in [0.4, 0.5) is 27.6 Å². The average Bonchev–Trinajstić information content (AvgIpc) is 2.85. The number of hydrogen-bond donors (Lipinski definition) is 0. The first kappa shape index (κ1) is 24.6. The van der Waals surface area contributed by atoms with Gasteiger partial charge in [-0.2, -0.15) is 13.2 Å². The molecule has 1 aliphatic rings. The van der Waals surface area contributed by atoms with Gasteiger partial charge in [0.1, 0.15) is 11.6 Å². The summed E-state index contributed by atoms with van der Waals surface area (Å²) in [7, 11) is 0. The van der Waals surface area contributed by atoms with Gasteiger partial charge in [0.15, 0.2) is 5.78 Å². The number of anilines is 1. The smallest absolute Gasteiger partial charge is 0.318 e. The summed E-state index contributed by atoms with van der Waals surface area (Å²) in [5.41, 5.74) is -1.68. The maximum Gasteiger partial charge on any atom is 0.417 e. The first-order valence-corrected chi connectivity index (χ1v) is 10.4. The molecule has 1 heterocycles.